The van der Waals surface area contributed by atoms with Gasteiger partial charge >= 0.3 is 5.97 Å². The van der Waals surface area contributed by atoms with E-state index in [0.717, 1.165) is 5.69 Å². The second kappa shape index (κ2) is 10.2. The molecule has 0 aliphatic carbocycles. The van der Waals surface area contributed by atoms with Crippen LogP contribution < -0.4 is 10.6 Å². The van der Waals surface area contributed by atoms with Crippen molar-refractivity contribution in [2.75, 3.05) is 11.9 Å². The monoisotopic (exact) mass is 430 g/mol. The molecule has 0 aliphatic rings. The van der Waals surface area contributed by atoms with Crippen LogP contribution in [0, 0.1) is 25.5 Å². The van der Waals surface area contributed by atoms with Crippen molar-refractivity contribution in [1.29, 1.82) is 0 Å². The van der Waals surface area contributed by atoms with Crippen molar-refractivity contribution >= 4 is 23.6 Å². The first-order valence-corrected chi connectivity index (χ1v) is 10.1. The summed E-state index contributed by atoms with van der Waals surface area (Å²) in [6.07, 6.45) is 1.52. The summed E-state index contributed by atoms with van der Waals surface area (Å²) in [5.41, 5.74) is 1.99. The molecule has 0 heterocycles. The molecule has 0 atom stereocenters. The third-order valence-electron chi connectivity index (χ3n) is 4.91. The van der Waals surface area contributed by atoms with E-state index in [1.54, 1.807) is 19.1 Å². The van der Waals surface area contributed by atoms with E-state index in [-0.39, 0.29) is 40.3 Å². The van der Waals surface area contributed by atoms with Crippen LogP contribution in [0.1, 0.15) is 43.9 Å². The van der Waals surface area contributed by atoms with Crippen molar-refractivity contribution in [3.8, 4) is 11.1 Å². The van der Waals surface area contributed by atoms with Crippen molar-refractivity contribution in [2.24, 2.45) is 0 Å². The van der Waals surface area contributed by atoms with Gasteiger partial charge in [-0.2, -0.15) is 0 Å². The molecule has 166 valence electrons. The number of carboxylic acids is 1. The molecular weight excluding hydrogens is 402 g/mol. The third kappa shape index (κ3) is 5.69. The van der Waals surface area contributed by atoms with E-state index in [4.69, 9.17) is 5.11 Å². The van der Waals surface area contributed by atoms with Crippen LogP contribution in [0.3, 0.4) is 0 Å². The molecule has 7 heteroatoms. The van der Waals surface area contributed by atoms with Gasteiger partial charge in [0, 0.05) is 28.4 Å². The summed E-state index contributed by atoms with van der Waals surface area (Å²) >= 11 is 0. The maximum atomic E-state index is 15.3. The summed E-state index contributed by atoms with van der Waals surface area (Å²) in [5.74, 6) is -2.99. The number of carboxylic acid groups (broad SMARTS) is 1. The number of halogens is 2. The van der Waals surface area contributed by atoms with Crippen molar-refractivity contribution < 1.29 is 23.5 Å². The van der Waals surface area contributed by atoms with Gasteiger partial charge in [0.1, 0.15) is 18.2 Å². The van der Waals surface area contributed by atoms with Gasteiger partial charge < -0.3 is 15.7 Å². The summed E-state index contributed by atoms with van der Waals surface area (Å²) in [7, 11) is 0. The van der Waals surface area contributed by atoms with Gasteiger partial charge in [0.25, 0.3) is 0 Å². The SMILES string of the molecule is CC/C(=C\c1c(C)c(F)c(-c2ccc(NC(C)C)cc2)c(C)c1F)C(=O)NCC(=O)O. The van der Waals surface area contributed by atoms with Crippen LogP contribution in [0.25, 0.3) is 17.2 Å². The summed E-state index contributed by atoms with van der Waals surface area (Å²) in [6, 6.07) is 7.35. The topological polar surface area (TPSA) is 78.4 Å². The van der Waals surface area contributed by atoms with Crippen LogP contribution >= 0.6 is 0 Å². The summed E-state index contributed by atoms with van der Waals surface area (Å²) in [6.45, 7) is 8.12. The van der Waals surface area contributed by atoms with Crippen molar-refractivity contribution in [1.82, 2.24) is 5.32 Å². The molecule has 0 bridgehead atoms. The number of anilines is 1. The molecule has 0 aromatic heterocycles. The Morgan fingerprint density at radius 3 is 2.19 bits per heavy atom. The maximum absolute atomic E-state index is 15.3. The Morgan fingerprint density at radius 1 is 1.06 bits per heavy atom. The zero-order valence-electron chi connectivity index (χ0n) is 18.4. The lowest BCUT2D eigenvalue weighted by molar-refractivity contribution is -0.137. The Bertz CT molecular complexity index is 983. The first kappa shape index (κ1) is 24.1. The number of aliphatic carboxylic acids is 1. The fraction of sp³-hybridized carbons (Fsp3) is 0.333. The van der Waals surface area contributed by atoms with Crippen LogP contribution in [0.4, 0.5) is 14.5 Å². The number of amides is 1. The Labute approximate surface area is 181 Å². The molecule has 0 aliphatic heterocycles. The van der Waals surface area contributed by atoms with E-state index in [2.05, 4.69) is 10.6 Å². The fourth-order valence-corrected chi connectivity index (χ4v) is 3.30. The Morgan fingerprint density at radius 2 is 1.68 bits per heavy atom. The van der Waals surface area contributed by atoms with Gasteiger partial charge in [-0.25, -0.2) is 8.78 Å². The molecule has 1 amide bonds. The van der Waals surface area contributed by atoms with Gasteiger partial charge in [0.05, 0.1) is 0 Å². The molecule has 2 aromatic rings. The largest absolute Gasteiger partial charge is 0.480 e. The Kier molecular flexibility index (Phi) is 7.91. The van der Waals surface area contributed by atoms with E-state index < -0.39 is 30.1 Å². The third-order valence-corrected chi connectivity index (χ3v) is 4.91. The first-order valence-electron chi connectivity index (χ1n) is 10.1. The average molecular weight is 430 g/mol. The lowest BCUT2D eigenvalue weighted by atomic mass is 9.92. The maximum Gasteiger partial charge on any atom is 0.322 e. The predicted octanol–water partition coefficient (Wildman–Crippen LogP) is 5.06. The summed E-state index contributed by atoms with van der Waals surface area (Å²) in [5, 5.41) is 14.2. The molecule has 5 nitrogen and oxygen atoms in total. The zero-order valence-corrected chi connectivity index (χ0v) is 18.4. The van der Waals surface area contributed by atoms with Gasteiger partial charge in [-0.05, 0) is 69.0 Å². The van der Waals surface area contributed by atoms with Gasteiger partial charge in [-0.1, -0.05) is 19.1 Å². The minimum Gasteiger partial charge on any atom is -0.480 e. The number of carbonyl (C=O) groups excluding carboxylic acids is 1. The van der Waals surface area contributed by atoms with Crippen LogP contribution in [0.5, 0.6) is 0 Å². The molecule has 0 unspecified atom stereocenters. The van der Waals surface area contributed by atoms with Crippen LogP contribution in [0.2, 0.25) is 0 Å². The summed E-state index contributed by atoms with van der Waals surface area (Å²) in [4.78, 5) is 22.9. The van der Waals surface area contributed by atoms with E-state index in [1.165, 1.54) is 19.9 Å². The molecule has 3 N–H and O–H groups in total. The van der Waals surface area contributed by atoms with E-state index in [0.29, 0.717) is 5.56 Å². The Balaban J connectivity index is 2.50. The zero-order chi connectivity index (χ0) is 23.3. The molecule has 0 saturated carbocycles. The highest BCUT2D eigenvalue weighted by Crippen LogP contribution is 2.35. The van der Waals surface area contributed by atoms with E-state index >= 15 is 8.78 Å². The average Bonchev–Trinajstić information content (AvgIpc) is 2.71. The van der Waals surface area contributed by atoms with Gasteiger partial charge in [-0.15, -0.1) is 0 Å². The molecule has 0 radical (unpaired) electrons. The van der Waals surface area contributed by atoms with E-state index in [9.17, 15) is 9.59 Å². The lowest BCUT2D eigenvalue weighted by Crippen LogP contribution is -2.30. The normalized spacial score (nSPS) is 11.5. The highest BCUT2D eigenvalue weighted by Gasteiger charge is 2.21. The standard InChI is InChI=1S/C24H28F2N2O3/c1-6-16(24(31)27-12-20(29)30)11-19-14(4)23(26)21(15(5)22(19)25)17-7-9-18(10-8-17)28-13(2)3/h7-11,13,28H,6,12H2,1-5H3,(H,27,31)(H,29,30)/b16-11+. The predicted molar refractivity (Wildman–Crippen MR) is 119 cm³/mol. The van der Waals surface area contributed by atoms with Crippen LogP contribution in [0.15, 0.2) is 29.8 Å². The van der Waals surface area contributed by atoms with Gasteiger partial charge in [0.15, 0.2) is 0 Å². The number of benzene rings is 2. The molecule has 2 rings (SSSR count). The van der Waals surface area contributed by atoms with Gasteiger partial charge in [-0.3, -0.25) is 9.59 Å². The smallest absolute Gasteiger partial charge is 0.322 e. The van der Waals surface area contributed by atoms with E-state index in [1.807, 2.05) is 26.0 Å². The summed E-state index contributed by atoms with van der Waals surface area (Å²) < 4.78 is 30.6. The highest BCUT2D eigenvalue weighted by molar-refractivity contribution is 5.99. The number of hydrogen-bond acceptors (Lipinski definition) is 3. The molecule has 0 spiro atoms. The minimum atomic E-state index is -1.19. The van der Waals surface area contributed by atoms with Crippen molar-refractivity contribution in [3.05, 3.63) is 58.2 Å². The quantitative estimate of drug-likeness (QED) is 0.512. The van der Waals surface area contributed by atoms with Gasteiger partial charge in [0.2, 0.25) is 5.91 Å². The fourth-order valence-electron chi connectivity index (χ4n) is 3.30. The van der Waals surface area contributed by atoms with Crippen molar-refractivity contribution in [2.45, 2.75) is 47.1 Å². The minimum absolute atomic E-state index is 0.0147. The number of hydrogen-bond donors (Lipinski definition) is 3. The van der Waals surface area contributed by atoms with Crippen LogP contribution in [-0.2, 0) is 9.59 Å². The molecule has 2 aromatic carbocycles. The number of rotatable bonds is 8. The highest BCUT2D eigenvalue weighted by atomic mass is 19.1. The lowest BCUT2D eigenvalue weighted by Gasteiger charge is -2.16. The molecular formula is C24H28F2N2O3. The molecule has 31 heavy (non-hydrogen) atoms. The number of nitrogens with one attached hydrogen (secondary N) is 2. The number of carbonyl (C=O) groups is 2. The molecule has 0 fully saturated rings. The van der Waals surface area contributed by atoms with Crippen LogP contribution in [-0.4, -0.2) is 29.6 Å². The second-order valence-corrected chi connectivity index (χ2v) is 7.64. The Hall–Kier alpha value is -3.22. The van der Waals surface area contributed by atoms with Crippen molar-refractivity contribution in [3.63, 3.8) is 0 Å². The first-order chi connectivity index (χ1) is 14.6. The molecule has 0 saturated heterocycles. The second-order valence-electron chi connectivity index (χ2n) is 7.64.